The fraction of sp³-hybridized carbons (Fsp3) is 0.714. The van der Waals surface area contributed by atoms with Crippen molar-refractivity contribution >= 4 is 0 Å². The maximum Gasteiger partial charge on any atom is -0.0100 e. The molecule has 0 bridgehead atoms. The predicted octanol–water partition coefficient (Wildman–Crippen LogP) is 7.72. The zero-order valence-electron chi connectivity index (χ0n) is 16.4. The van der Waals surface area contributed by atoms with Crippen LogP contribution in [0.15, 0.2) is 35.5 Å². The maximum absolute atomic E-state index is 2.43. The highest BCUT2D eigenvalue weighted by Gasteiger charge is 2.39. The standard InChI is InChI=1S/C15H22.3C2H6/c1-14(2)10-11-15(3,4)13-9-7-5-6-8-12(13)14;3*1-2/h5-6,8-9H,7,10-11H2,1-4H3;3*1-2H3. The monoisotopic (exact) mass is 292 g/mol. The Hall–Kier alpha value is -0.780. The Kier molecular flexibility index (Phi) is 11.7. The van der Waals surface area contributed by atoms with Gasteiger partial charge in [0.05, 0.1) is 0 Å². The van der Waals surface area contributed by atoms with E-state index in [0.717, 1.165) is 6.42 Å². The molecule has 0 radical (unpaired) electrons. The van der Waals surface area contributed by atoms with Crippen LogP contribution in [0.1, 0.15) is 88.5 Å². The van der Waals surface area contributed by atoms with Gasteiger partial charge in [-0.2, -0.15) is 0 Å². The summed E-state index contributed by atoms with van der Waals surface area (Å²) in [5.41, 5.74) is 3.87. The van der Waals surface area contributed by atoms with Gasteiger partial charge in [0, 0.05) is 0 Å². The smallest absolute Gasteiger partial charge is 0.0100 e. The van der Waals surface area contributed by atoms with Crippen molar-refractivity contribution in [3.05, 3.63) is 35.5 Å². The molecule has 0 spiro atoms. The van der Waals surface area contributed by atoms with Gasteiger partial charge in [-0.05, 0) is 41.2 Å². The van der Waals surface area contributed by atoms with Gasteiger partial charge in [0.1, 0.15) is 0 Å². The molecule has 1 fully saturated rings. The van der Waals surface area contributed by atoms with E-state index in [4.69, 9.17) is 0 Å². The molecule has 0 N–H and O–H groups in total. The average Bonchev–Trinajstić information content (AvgIpc) is 2.78. The minimum Gasteiger partial charge on any atom is -0.0807 e. The van der Waals surface area contributed by atoms with Gasteiger partial charge in [-0.15, -0.1) is 0 Å². The van der Waals surface area contributed by atoms with Crippen LogP contribution < -0.4 is 0 Å². The minimum atomic E-state index is 0.357. The first kappa shape index (κ1) is 22.5. The van der Waals surface area contributed by atoms with E-state index in [2.05, 4.69) is 52.0 Å². The van der Waals surface area contributed by atoms with Crippen molar-refractivity contribution < 1.29 is 0 Å². The van der Waals surface area contributed by atoms with Crippen LogP contribution in [0.5, 0.6) is 0 Å². The van der Waals surface area contributed by atoms with E-state index in [1.807, 2.05) is 41.5 Å². The number of rotatable bonds is 0. The summed E-state index contributed by atoms with van der Waals surface area (Å²) in [5, 5.41) is 0. The van der Waals surface area contributed by atoms with Crippen LogP contribution in [0.25, 0.3) is 0 Å². The van der Waals surface area contributed by atoms with E-state index in [-0.39, 0.29) is 0 Å². The highest BCUT2D eigenvalue weighted by atomic mass is 14.4. The third-order valence-corrected chi connectivity index (χ3v) is 3.98. The third kappa shape index (κ3) is 6.24. The van der Waals surface area contributed by atoms with Crippen LogP contribution in [0.2, 0.25) is 0 Å². The first-order valence-corrected chi connectivity index (χ1v) is 9.02. The molecule has 0 heteroatoms. The molecule has 124 valence electrons. The van der Waals surface area contributed by atoms with E-state index in [9.17, 15) is 0 Å². The van der Waals surface area contributed by atoms with Crippen LogP contribution in [-0.4, -0.2) is 0 Å². The van der Waals surface area contributed by atoms with E-state index >= 15 is 0 Å². The molecule has 0 saturated heterocycles. The number of hydrogen-bond donors (Lipinski definition) is 0. The summed E-state index contributed by atoms with van der Waals surface area (Å²) in [6.07, 6.45) is 12.9. The summed E-state index contributed by atoms with van der Waals surface area (Å²) in [6.45, 7) is 21.5. The fourth-order valence-corrected chi connectivity index (χ4v) is 2.75. The lowest BCUT2D eigenvalue weighted by molar-refractivity contribution is 0.259. The molecule has 0 amide bonds. The second-order valence-corrected chi connectivity index (χ2v) is 6.13. The average molecular weight is 293 g/mol. The second kappa shape index (κ2) is 10.9. The van der Waals surface area contributed by atoms with Gasteiger partial charge >= 0.3 is 0 Å². The largest absolute Gasteiger partial charge is 0.0807 e. The molecule has 0 aliphatic heterocycles. The lowest BCUT2D eigenvalue weighted by Crippen LogP contribution is -2.31. The molecule has 0 nitrogen and oxygen atoms in total. The molecule has 0 unspecified atom stereocenters. The highest BCUT2D eigenvalue weighted by Crippen LogP contribution is 2.52. The molecule has 2 rings (SSSR count). The molecule has 0 atom stereocenters. The van der Waals surface area contributed by atoms with Crippen LogP contribution in [-0.2, 0) is 0 Å². The van der Waals surface area contributed by atoms with Gasteiger partial charge in [0.2, 0.25) is 0 Å². The van der Waals surface area contributed by atoms with Crippen molar-refractivity contribution in [1.29, 1.82) is 0 Å². The highest BCUT2D eigenvalue weighted by molar-refractivity contribution is 5.45. The number of allylic oxidation sites excluding steroid dienone is 6. The van der Waals surface area contributed by atoms with Gasteiger partial charge in [-0.25, -0.2) is 0 Å². The quantitative estimate of drug-likeness (QED) is 0.428. The molecule has 0 aromatic carbocycles. The Morgan fingerprint density at radius 3 is 1.62 bits per heavy atom. The maximum atomic E-state index is 2.43. The third-order valence-electron chi connectivity index (χ3n) is 3.98. The Labute approximate surface area is 135 Å². The molecule has 1 saturated carbocycles. The second-order valence-electron chi connectivity index (χ2n) is 6.13. The van der Waals surface area contributed by atoms with Crippen LogP contribution >= 0.6 is 0 Å². The van der Waals surface area contributed by atoms with Crippen molar-refractivity contribution in [1.82, 2.24) is 0 Å². The summed E-state index contributed by atoms with van der Waals surface area (Å²) < 4.78 is 0. The lowest BCUT2D eigenvalue weighted by Gasteiger charge is -2.44. The number of fused-ring (bicyclic) bond motifs is 1. The summed E-state index contributed by atoms with van der Waals surface area (Å²) >= 11 is 0. The first-order valence-electron chi connectivity index (χ1n) is 9.02. The summed E-state index contributed by atoms with van der Waals surface area (Å²) in [4.78, 5) is 0. The first-order chi connectivity index (χ1) is 9.93. The molecule has 0 aromatic rings. The van der Waals surface area contributed by atoms with E-state index in [1.165, 1.54) is 12.8 Å². The van der Waals surface area contributed by atoms with Crippen LogP contribution in [0, 0.1) is 10.8 Å². The Bertz CT molecular complexity index is 348. The van der Waals surface area contributed by atoms with E-state index in [1.54, 1.807) is 11.1 Å². The van der Waals surface area contributed by atoms with Gasteiger partial charge < -0.3 is 0 Å². The Morgan fingerprint density at radius 2 is 1.14 bits per heavy atom. The van der Waals surface area contributed by atoms with Gasteiger partial charge in [-0.3, -0.25) is 0 Å². The van der Waals surface area contributed by atoms with Crippen molar-refractivity contribution in [3.63, 3.8) is 0 Å². The normalized spacial score (nSPS) is 20.5. The van der Waals surface area contributed by atoms with Crippen molar-refractivity contribution in [2.24, 2.45) is 10.8 Å². The van der Waals surface area contributed by atoms with Crippen molar-refractivity contribution in [3.8, 4) is 0 Å². The summed E-state index contributed by atoms with van der Waals surface area (Å²) in [6, 6.07) is 0. The lowest BCUT2D eigenvalue weighted by atomic mass is 9.61. The Balaban J connectivity index is 0. The van der Waals surface area contributed by atoms with Crippen molar-refractivity contribution in [2.75, 3.05) is 0 Å². The summed E-state index contributed by atoms with van der Waals surface area (Å²) in [5.74, 6) is 0. The SMILES string of the molecule is CC.CC.CC.CC1(C)CCC(C)(C)C2=CCC=CC=C21. The molecular weight excluding hydrogens is 252 g/mol. The molecule has 21 heavy (non-hydrogen) atoms. The predicted molar refractivity (Wildman–Crippen MR) is 101 cm³/mol. The molecular formula is C21H40. The van der Waals surface area contributed by atoms with Crippen molar-refractivity contribution in [2.45, 2.75) is 88.5 Å². The van der Waals surface area contributed by atoms with Gasteiger partial charge in [0.15, 0.2) is 0 Å². The topological polar surface area (TPSA) is 0 Å². The van der Waals surface area contributed by atoms with Gasteiger partial charge in [0.25, 0.3) is 0 Å². The molecule has 2 aliphatic carbocycles. The van der Waals surface area contributed by atoms with Gasteiger partial charge in [-0.1, -0.05) is 93.5 Å². The molecule has 0 heterocycles. The minimum absolute atomic E-state index is 0.357. The molecule has 2 aliphatic rings. The summed E-state index contributed by atoms with van der Waals surface area (Å²) in [7, 11) is 0. The zero-order valence-corrected chi connectivity index (χ0v) is 16.4. The van der Waals surface area contributed by atoms with E-state index in [0.29, 0.717) is 10.8 Å². The van der Waals surface area contributed by atoms with E-state index < -0.39 is 0 Å². The molecule has 0 aromatic heterocycles. The Morgan fingerprint density at radius 1 is 0.714 bits per heavy atom. The van der Waals surface area contributed by atoms with Crippen LogP contribution in [0.4, 0.5) is 0 Å². The fourth-order valence-electron chi connectivity index (χ4n) is 2.75. The van der Waals surface area contributed by atoms with Crippen LogP contribution in [0.3, 0.4) is 0 Å². The number of hydrogen-bond acceptors (Lipinski definition) is 0. The zero-order chi connectivity index (χ0) is 17.1.